The third kappa shape index (κ3) is 3.17. The Kier molecular flexibility index (Phi) is 4.21. The van der Waals surface area contributed by atoms with Crippen molar-refractivity contribution in [1.29, 1.82) is 0 Å². The molecule has 1 aromatic rings. The highest BCUT2D eigenvalue weighted by Crippen LogP contribution is 2.28. The molecule has 0 atom stereocenters. The van der Waals surface area contributed by atoms with Gasteiger partial charge in [-0.05, 0) is 44.4 Å². The minimum Gasteiger partial charge on any atom is -0.481 e. The minimum absolute atomic E-state index is 0.0218. The Morgan fingerprint density at radius 1 is 1.19 bits per heavy atom. The standard InChI is InChI=1S/C16H22N2O3/c1-16(2,15(20)21)12-3-5-13(6-4-12)18-9-7-11(8-10-18)14(17)19/h3-6,11H,7-10H2,1-2H3,(H2,17,19)(H,20,21). The van der Waals surface area contributed by atoms with E-state index < -0.39 is 11.4 Å². The Bertz CT molecular complexity index is 529. The van der Waals surface area contributed by atoms with Gasteiger partial charge in [-0.25, -0.2) is 0 Å². The molecule has 1 fully saturated rings. The lowest BCUT2D eigenvalue weighted by atomic mass is 9.84. The van der Waals surface area contributed by atoms with Gasteiger partial charge in [-0.1, -0.05) is 12.1 Å². The lowest BCUT2D eigenvalue weighted by Crippen LogP contribution is -2.38. The van der Waals surface area contributed by atoms with Crippen LogP contribution in [0.1, 0.15) is 32.3 Å². The van der Waals surface area contributed by atoms with Crippen LogP contribution in [0.4, 0.5) is 5.69 Å². The number of piperidine rings is 1. The predicted octanol–water partition coefficient (Wildman–Crippen LogP) is 1.75. The minimum atomic E-state index is -0.891. The summed E-state index contributed by atoms with van der Waals surface area (Å²) >= 11 is 0. The highest BCUT2D eigenvalue weighted by atomic mass is 16.4. The molecule has 21 heavy (non-hydrogen) atoms. The summed E-state index contributed by atoms with van der Waals surface area (Å²) < 4.78 is 0. The lowest BCUT2D eigenvalue weighted by Gasteiger charge is -2.32. The molecule has 0 aromatic heterocycles. The summed E-state index contributed by atoms with van der Waals surface area (Å²) in [4.78, 5) is 24.6. The highest BCUT2D eigenvalue weighted by molar-refractivity contribution is 5.80. The molecule has 5 heteroatoms. The molecule has 0 radical (unpaired) electrons. The number of carbonyl (C=O) groups excluding carboxylic acids is 1. The van der Waals surface area contributed by atoms with Crippen LogP contribution in [0.25, 0.3) is 0 Å². The van der Waals surface area contributed by atoms with E-state index in [4.69, 9.17) is 5.73 Å². The number of amides is 1. The van der Waals surface area contributed by atoms with Gasteiger partial charge in [-0.2, -0.15) is 0 Å². The molecule has 1 aliphatic heterocycles. The number of hydrogen-bond acceptors (Lipinski definition) is 3. The predicted molar refractivity (Wildman–Crippen MR) is 81.2 cm³/mol. The maximum absolute atomic E-state index is 11.3. The van der Waals surface area contributed by atoms with Crippen LogP contribution in [0.5, 0.6) is 0 Å². The van der Waals surface area contributed by atoms with Gasteiger partial charge in [0.05, 0.1) is 5.41 Å². The summed E-state index contributed by atoms with van der Waals surface area (Å²) in [6.07, 6.45) is 1.55. The highest BCUT2D eigenvalue weighted by Gasteiger charge is 2.29. The summed E-state index contributed by atoms with van der Waals surface area (Å²) in [7, 11) is 0. The first-order valence-electron chi connectivity index (χ1n) is 7.20. The monoisotopic (exact) mass is 290 g/mol. The van der Waals surface area contributed by atoms with Gasteiger partial charge < -0.3 is 15.7 Å². The van der Waals surface area contributed by atoms with E-state index in [0.29, 0.717) is 0 Å². The average molecular weight is 290 g/mol. The molecular formula is C16H22N2O3. The Hall–Kier alpha value is -2.04. The topological polar surface area (TPSA) is 83.6 Å². The van der Waals surface area contributed by atoms with Crippen molar-refractivity contribution in [3.8, 4) is 0 Å². The van der Waals surface area contributed by atoms with Crippen LogP contribution in [0.3, 0.4) is 0 Å². The Morgan fingerprint density at radius 2 is 1.71 bits per heavy atom. The molecule has 1 saturated heterocycles. The van der Waals surface area contributed by atoms with E-state index in [1.807, 2.05) is 24.3 Å². The molecule has 0 unspecified atom stereocenters. The molecule has 114 valence electrons. The molecule has 0 aliphatic carbocycles. The van der Waals surface area contributed by atoms with Crippen molar-refractivity contribution in [3.05, 3.63) is 29.8 Å². The summed E-state index contributed by atoms with van der Waals surface area (Å²) in [5.41, 5.74) is 6.28. The smallest absolute Gasteiger partial charge is 0.313 e. The summed E-state index contributed by atoms with van der Waals surface area (Å²) in [6.45, 7) is 5.00. The largest absolute Gasteiger partial charge is 0.481 e. The van der Waals surface area contributed by atoms with Crippen molar-refractivity contribution in [3.63, 3.8) is 0 Å². The summed E-state index contributed by atoms with van der Waals surface area (Å²) in [5, 5.41) is 9.24. The molecule has 0 spiro atoms. The van der Waals surface area contributed by atoms with Crippen molar-refractivity contribution >= 4 is 17.6 Å². The molecule has 0 saturated carbocycles. The van der Waals surface area contributed by atoms with Crippen LogP contribution in [0.2, 0.25) is 0 Å². The maximum Gasteiger partial charge on any atom is 0.313 e. The van der Waals surface area contributed by atoms with Gasteiger partial charge in [0.25, 0.3) is 0 Å². The van der Waals surface area contributed by atoms with Crippen molar-refractivity contribution in [2.24, 2.45) is 11.7 Å². The molecule has 2 rings (SSSR count). The number of benzene rings is 1. The van der Waals surface area contributed by atoms with E-state index in [9.17, 15) is 14.7 Å². The van der Waals surface area contributed by atoms with Crippen LogP contribution >= 0.6 is 0 Å². The fourth-order valence-corrected chi connectivity index (χ4v) is 2.63. The van der Waals surface area contributed by atoms with Crippen molar-refractivity contribution in [1.82, 2.24) is 0 Å². The van der Waals surface area contributed by atoms with Gasteiger partial charge in [0.15, 0.2) is 0 Å². The fraction of sp³-hybridized carbons (Fsp3) is 0.500. The molecule has 3 N–H and O–H groups in total. The van der Waals surface area contributed by atoms with Crippen molar-refractivity contribution < 1.29 is 14.7 Å². The Labute approximate surface area is 124 Å². The number of nitrogens with two attached hydrogens (primary N) is 1. The van der Waals surface area contributed by atoms with E-state index >= 15 is 0 Å². The van der Waals surface area contributed by atoms with E-state index in [-0.39, 0.29) is 11.8 Å². The third-order valence-corrected chi connectivity index (χ3v) is 4.39. The first-order valence-corrected chi connectivity index (χ1v) is 7.20. The van der Waals surface area contributed by atoms with Gasteiger partial charge in [0.1, 0.15) is 0 Å². The number of primary amides is 1. The molecule has 1 aliphatic rings. The zero-order valence-electron chi connectivity index (χ0n) is 12.5. The zero-order valence-corrected chi connectivity index (χ0v) is 12.5. The van der Waals surface area contributed by atoms with Gasteiger partial charge >= 0.3 is 5.97 Å². The number of rotatable bonds is 4. The third-order valence-electron chi connectivity index (χ3n) is 4.39. The van der Waals surface area contributed by atoms with Crippen LogP contribution in [0, 0.1) is 5.92 Å². The molecule has 0 bridgehead atoms. The van der Waals surface area contributed by atoms with Crippen molar-refractivity contribution in [2.45, 2.75) is 32.1 Å². The molecule has 5 nitrogen and oxygen atoms in total. The second-order valence-electron chi connectivity index (χ2n) is 6.14. The average Bonchev–Trinajstić information content (AvgIpc) is 2.47. The first-order chi connectivity index (χ1) is 9.82. The number of carbonyl (C=O) groups is 2. The Balaban J connectivity index is 2.07. The second kappa shape index (κ2) is 5.76. The van der Waals surface area contributed by atoms with Crippen LogP contribution in [-0.2, 0) is 15.0 Å². The number of anilines is 1. The van der Waals surface area contributed by atoms with E-state index in [0.717, 1.165) is 37.2 Å². The number of aliphatic carboxylic acids is 1. The van der Waals surface area contributed by atoms with E-state index in [2.05, 4.69) is 4.90 Å². The Morgan fingerprint density at radius 3 is 2.14 bits per heavy atom. The molecular weight excluding hydrogens is 268 g/mol. The molecule has 1 aromatic carbocycles. The number of carboxylic acids is 1. The lowest BCUT2D eigenvalue weighted by molar-refractivity contribution is -0.142. The van der Waals surface area contributed by atoms with Crippen molar-refractivity contribution in [2.75, 3.05) is 18.0 Å². The van der Waals surface area contributed by atoms with Gasteiger partial charge in [-0.15, -0.1) is 0 Å². The normalized spacial score (nSPS) is 16.8. The fourth-order valence-electron chi connectivity index (χ4n) is 2.63. The first kappa shape index (κ1) is 15.4. The zero-order chi connectivity index (χ0) is 15.6. The second-order valence-corrected chi connectivity index (χ2v) is 6.14. The molecule has 1 heterocycles. The number of carboxylic acid groups (broad SMARTS) is 1. The van der Waals surface area contributed by atoms with E-state index in [1.165, 1.54) is 0 Å². The number of nitrogens with zero attached hydrogens (tertiary/aromatic N) is 1. The van der Waals surface area contributed by atoms with Crippen LogP contribution in [0.15, 0.2) is 24.3 Å². The van der Waals surface area contributed by atoms with Gasteiger partial charge in [0, 0.05) is 24.7 Å². The summed E-state index contributed by atoms with van der Waals surface area (Å²) in [5.74, 6) is -1.07. The van der Waals surface area contributed by atoms with Gasteiger partial charge in [-0.3, -0.25) is 9.59 Å². The van der Waals surface area contributed by atoms with Crippen LogP contribution in [-0.4, -0.2) is 30.1 Å². The SMILES string of the molecule is CC(C)(C(=O)O)c1ccc(N2CCC(C(N)=O)CC2)cc1. The van der Waals surface area contributed by atoms with E-state index in [1.54, 1.807) is 13.8 Å². The number of hydrogen-bond donors (Lipinski definition) is 2. The quantitative estimate of drug-likeness (QED) is 0.885. The summed E-state index contributed by atoms with van der Waals surface area (Å²) in [6, 6.07) is 7.63. The maximum atomic E-state index is 11.3. The molecule has 1 amide bonds. The van der Waals surface area contributed by atoms with Gasteiger partial charge in [0.2, 0.25) is 5.91 Å². The van der Waals surface area contributed by atoms with Crippen LogP contribution < -0.4 is 10.6 Å².